The molecule has 0 saturated carbocycles. The molecule has 0 atom stereocenters. The molecule has 0 aliphatic carbocycles. The average Bonchev–Trinajstić information content (AvgIpc) is 2.12. The van der Waals surface area contributed by atoms with Gasteiger partial charge in [0.1, 0.15) is 0 Å². The second kappa shape index (κ2) is 43.2. The van der Waals surface area contributed by atoms with E-state index in [0.29, 0.717) is 0 Å². The molecule has 0 aliphatic rings. The van der Waals surface area contributed by atoms with E-state index in [4.69, 9.17) is 5.11 Å². The Morgan fingerprint density at radius 3 is 1.31 bits per heavy atom. The van der Waals surface area contributed by atoms with Crippen LogP contribution in [0.1, 0.15) is 34.6 Å². The van der Waals surface area contributed by atoms with Crippen molar-refractivity contribution in [2.45, 2.75) is 34.6 Å². The van der Waals surface area contributed by atoms with Crippen molar-refractivity contribution in [2.24, 2.45) is 0 Å². The van der Waals surface area contributed by atoms with Crippen molar-refractivity contribution in [3.05, 3.63) is 37.0 Å². The number of hydrogen-bond donors (Lipinski definition) is 1. The first-order chi connectivity index (χ1) is 6.18. The van der Waals surface area contributed by atoms with Crippen LogP contribution in [0.2, 0.25) is 0 Å². The molecule has 0 saturated heterocycles. The summed E-state index contributed by atoms with van der Waals surface area (Å²) in [7, 11) is 1.00. The van der Waals surface area contributed by atoms with Crippen LogP contribution in [0.3, 0.4) is 0 Å². The van der Waals surface area contributed by atoms with Gasteiger partial charge in [0.05, 0.1) is 0 Å². The first kappa shape index (κ1) is 22.8. The van der Waals surface area contributed by atoms with Crippen molar-refractivity contribution in [2.75, 3.05) is 7.11 Å². The SMILES string of the molecule is C=CC.C=CC=C(C)C.CC.CO. The van der Waals surface area contributed by atoms with Crippen molar-refractivity contribution >= 4 is 0 Å². The molecular formula is C12H26O. The van der Waals surface area contributed by atoms with Crippen LogP contribution in [0.4, 0.5) is 0 Å². The van der Waals surface area contributed by atoms with Gasteiger partial charge in [-0.15, -0.1) is 6.58 Å². The van der Waals surface area contributed by atoms with Gasteiger partial charge < -0.3 is 5.11 Å². The Kier molecular flexibility index (Phi) is 75.6. The van der Waals surface area contributed by atoms with E-state index < -0.39 is 0 Å². The second-order valence-electron chi connectivity index (χ2n) is 1.89. The maximum atomic E-state index is 7.00. The van der Waals surface area contributed by atoms with Crippen LogP contribution in [-0.4, -0.2) is 12.2 Å². The topological polar surface area (TPSA) is 20.2 Å². The molecule has 0 radical (unpaired) electrons. The molecule has 0 spiro atoms. The molecule has 1 N–H and O–H groups in total. The summed E-state index contributed by atoms with van der Waals surface area (Å²) in [4.78, 5) is 0. The molecule has 0 bridgehead atoms. The van der Waals surface area contributed by atoms with Crippen molar-refractivity contribution in [1.82, 2.24) is 0 Å². The van der Waals surface area contributed by atoms with Crippen LogP contribution in [0.5, 0.6) is 0 Å². The number of allylic oxidation sites excluding steroid dienone is 4. The van der Waals surface area contributed by atoms with Gasteiger partial charge in [0.2, 0.25) is 0 Å². The van der Waals surface area contributed by atoms with E-state index in [9.17, 15) is 0 Å². The molecule has 0 aromatic rings. The molecule has 1 nitrogen and oxygen atoms in total. The molecule has 13 heavy (non-hydrogen) atoms. The summed E-state index contributed by atoms with van der Waals surface area (Å²) in [6, 6.07) is 0. The minimum Gasteiger partial charge on any atom is -0.400 e. The Hall–Kier alpha value is -0.820. The van der Waals surface area contributed by atoms with Gasteiger partial charge in [-0.25, -0.2) is 0 Å². The zero-order valence-electron chi connectivity index (χ0n) is 10.1. The van der Waals surface area contributed by atoms with E-state index >= 15 is 0 Å². The number of hydrogen-bond acceptors (Lipinski definition) is 1. The Labute approximate surface area is 84.5 Å². The molecule has 0 aliphatic heterocycles. The molecule has 0 aromatic heterocycles. The van der Waals surface area contributed by atoms with E-state index in [1.165, 1.54) is 5.57 Å². The summed E-state index contributed by atoms with van der Waals surface area (Å²) >= 11 is 0. The Morgan fingerprint density at radius 1 is 1.08 bits per heavy atom. The minimum atomic E-state index is 1.00. The molecule has 0 heterocycles. The number of aliphatic hydroxyl groups is 1. The maximum absolute atomic E-state index is 7.00. The van der Waals surface area contributed by atoms with Gasteiger partial charge >= 0.3 is 0 Å². The largest absolute Gasteiger partial charge is 0.400 e. The third-order valence-corrected chi connectivity index (χ3v) is 0.451. The second-order valence-corrected chi connectivity index (χ2v) is 1.89. The van der Waals surface area contributed by atoms with Gasteiger partial charge in [-0.3, -0.25) is 0 Å². The third-order valence-electron chi connectivity index (χ3n) is 0.451. The van der Waals surface area contributed by atoms with Gasteiger partial charge in [0, 0.05) is 7.11 Å². The fraction of sp³-hybridized carbons (Fsp3) is 0.500. The molecule has 0 amide bonds. The quantitative estimate of drug-likeness (QED) is 0.485. The molecule has 0 fully saturated rings. The highest BCUT2D eigenvalue weighted by atomic mass is 16.2. The highest BCUT2D eigenvalue weighted by Gasteiger charge is 1.63. The van der Waals surface area contributed by atoms with Crippen molar-refractivity contribution < 1.29 is 5.11 Å². The zero-order chi connectivity index (χ0) is 11.7. The molecule has 1 heteroatoms. The van der Waals surface area contributed by atoms with Crippen LogP contribution >= 0.6 is 0 Å². The molecule has 0 rings (SSSR count). The van der Waals surface area contributed by atoms with E-state index in [1.807, 2.05) is 40.7 Å². The lowest BCUT2D eigenvalue weighted by Crippen LogP contribution is -1.54. The zero-order valence-corrected chi connectivity index (χ0v) is 10.1. The number of rotatable bonds is 1. The van der Waals surface area contributed by atoms with Crippen LogP contribution in [-0.2, 0) is 0 Å². The third kappa shape index (κ3) is 198. The first-order valence-electron chi connectivity index (χ1n) is 4.46. The molecular weight excluding hydrogens is 160 g/mol. The maximum Gasteiger partial charge on any atom is 0.0319 e. The highest BCUT2D eigenvalue weighted by molar-refractivity contribution is 5.04. The molecule has 80 valence electrons. The van der Waals surface area contributed by atoms with Gasteiger partial charge in [0.25, 0.3) is 0 Å². The fourth-order valence-electron chi connectivity index (χ4n) is 0.236. The van der Waals surface area contributed by atoms with Crippen molar-refractivity contribution in [3.8, 4) is 0 Å². The van der Waals surface area contributed by atoms with Crippen molar-refractivity contribution in [1.29, 1.82) is 0 Å². The van der Waals surface area contributed by atoms with Gasteiger partial charge in [-0.2, -0.15) is 0 Å². The summed E-state index contributed by atoms with van der Waals surface area (Å²) in [5, 5.41) is 7.00. The Bertz CT molecular complexity index is 97.7. The smallest absolute Gasteiger partial charge is 0.0319 e. The Morgan fingerprint density at radius 2 is 1.31 bits per heavy atom. The summed E-state index contributed by atoms with van der Waals surface area (Å²) in [6.45, 7) is 16.9. The minimum absolute atomic E-state index is 1.00. The summed E-state index contributed by atoms with van der Waals surface area (Å²) in [5.41, 5.74) is 1.30. The van der Waals surface area contributed by atoms with Crippen LogP contribution in [0.15, 0.2) is 37.0 Å². The van der Waals surface area contributed by atoms with Gasteiger partial charge in [0.15, 0.2) is 0 Å². The van der Waals surface area contributed by atoms with Crippen LogP contribution in [0, 0.1) is 0 Å². The first-order valence-corrected chi connectivity index (χ1v) is 4.46. The predicted octanol–water partition coefficient (Wildman–Crippen LogP) is 3.97. The number of aliphatic hydroxyl groups excluding tert-OH is 1. The predicted molar refractivity (Wildman–Crippen MR) is 65.0 cm³/mol. The summed E-state index contributed by atoms with van der Waals surface area (Å²) < 4.78 is 0. The summed E-state index contributed by atoms with van der Waals surface area (Å²) in [6.07, 6.45) is 5.51. The standard InChI is InChI=1S/C6H10.C3H6.C2H6.CH4O/c1-4-5-6(2)3;1-3-2;2*1-2/h4-5H,1H2,2-3H3;3H,1H2,2H3;1-2H3;2H,1H3. The monoisotopic (exact) mass is 186 g/mol. The molecule has 0 aromatic carbocycles. The molecule has 0 unspecified atom stereocenters. The van der Waals surface area contributed by atoms with Gasteiger partial charge in [-0.05, 0) is 20.8 Å². The van der Waals surface area contributed by atoms with Crippen LogP contribution in [0.25, 0.3) is 0 Å². The van der Waals surface area contributed by atoms with E-state index in [2.05, 4.69) is 13.2 Å². The average molecular weight is 186 g/mol. The van der Waals surface area contributed by atoms with E-state index in [0.717, 1.165) is 7.11 Å². The van der Waals surface area contributed by atoms with E-state index in [-0.39, 0.29) is 0 Å². The normalized spacial score (nSPS) is 5.15. The Balaban J connectivity index is -0.0000000493. The van der Waals surface area contributed by atoms with Crippen molar-refractivity contribution in [3.63, 3.8) is 0 Å². The highest BCUT2D eigenvalue weighted by Crippen LogP contribution is 1.85. The summed E-state index contributed by atoms with van der Waals surface area (Å²) in [5.74, 6) is 0. The lowest BCUT2D eigenvalue weighted by molar-refractivity contribution is 0.399. The fourth-order valence-corrected chi connectivity index (χ4v) is 0.236. The lowest BCUT2D eigenvalue weighted by atomic mass is 10.3. The van der Waals surface area contributed by atoms with Crippen LogP contribution < -0.4 is 0 Å². The van der Waals surface area contributed by atoms with Gasteiger partial charge in [-0.1, -0.05) is 44.2 Å². The van der Waals surface area contributed by atoms with E-state index in [1.54, 1.807) is 12.2 Å². The lowest BCUT2D eigenvalue weighted by Gasteiger charge is -1.76.